The summed E-state index contributed by atoms with van der Waals surface area (Å²) in [6.07, 6.45) is 2.51. The largest absolute Gasteiger partial charge is 0.371 e. The van der Waals surface area contributed by atoms with Crippen LogP contribution in [0.25, 0.3) is 0 Å². The minimum Gasteiger partial charge on any atom is -0.371 e. The first-order valence-corrected chi connectivity index (χ1v) is 5.80. The van der Waals surface area contributed by atoms with E-state index in [9.17, 15) is 0 Å². The lowest BCUT2D eigenvalue weighted by Crippen LogP contribution is -2.37. The Morgan fingerprint density at radius 2 is 2.33 bits per heavy atom. The maximum Gasteiger partial charge on any atom is 0.0795 e. The van der Waals surface area contributed by atoms with Crippen LogP contribution in [-0.2, 0) is 4.74 Å². The SMILES string of the molecule is CC(C)OC1(CCN)CCSC1. The Morgan fingerprint density at radius 1 is 1.58 bits per heavy atom. The van der Waals surface area contributed by atoms with Crippen molar-refractivity contribution in [2.24, 2.45) is 5.73 Å². The number of hydrogen-bond acceptors (Lipinski definition) is 3. The van der Waals surface area contributed by atoms with Gasteiger partial charge in [0.25, 0.3) is 0 Å². The van der Waals surface area contributed by atoms with Gasteiger partial charge in [-0.1, -0.05) is 0 Å². The summed E-state index contributed by atoms with van der Waals surface area (Å²) in [5.41, 5.74) is 5.68. The van der Waals surface area contributed by atoms with Crippen LogP contribution in [0.1, 0.15) is 26.7 Å². The molecule has 1 saturated heterocycles. The molecule has 0 aromatic heterocycles. The molecule has 1 atom stereocenters. The summed E-state index contributed by atoms with van der Waals surface area (Å²) in [6, 6.07) is 0. The predicted octanol–water partition coefficient (Wildman–Crippen LogP) is 1.64. The molecule has 1 aliphatic rings. The third kappa shape index (κ3) is 2.64. The van der Waals surface area contributed by atoms with Gasteiger partial charge in [0.2, 0.25) is 0 Å². The van der Waals surface area contributed by atoms with E-state index in [-0.39, 0.29) is 5.60 Å². The van der Waals surface area contributed by atoms with E-state index in [1.165, 1.54) is 12.2 Å². The van der Waals surface area contributed by atoms with Crippen molar-refractivity contribution in [2.75, 3.05) is 18.1 Å². The second-order valence-corrected chi connectivity index (χ2v) is 4.80. The van der Waals surface area contributed by atoms with Crippen LogP contribution in [0.15, 0.2) is 0 Å². The van der Waals surface area contributed by atoms with Crippen LogP contribution < -0.4 is 5.73 Å². The number of thioether (sulfide) groups is 1. The van der Waals surface area contributed by atoms with Crippen LogP contribution in [0, 0.1) is 0 Å². The third-order valence-corrected chi connectivity index (χ3v) is 3.38. The zero-order valence-electron chi connectivity index (χ0n) is 8.01. The molecule has 2 nitrogen and oxygen atoms in total. The lowest BCUT2D eigenvalue weighted by Gasteiger charge is -2.30. The first-order chi connectivity index (χ1) is 5.68. The third-order valence-electron chi connectivity index (χ3n) is 2.15. The van der Waals surface area contributed by atoms with E-state index in [1.54, 1.807) is 0 Å². The summed E-state index contributed by atoms with van der Waals surface area (Å²) in [5.74, 6) is 2.36. The Balaban J connectivity index is 2.46. The second-order valence-electron chi connectivity index (χ2n) is 3.69. The highest BCUT2D eigenvalue weighted by Crippen LogP contribution is 2.34. The molecule has 1 rings (SSSR count). The summed E-state index contributed by atoms with van der Waals surface area (Å²) in [7, 11) is 0. The van der Waals surface area contributed by atoms with Crippen LogP contribution in [0.3, 0.4) is 0 Å². The standard InChI is InChI=1S/C9H19NOS/c1-8(2)11-9(3-5-10)4-6-12-7-9/h8H,3-7,10H2,1-2H3. The average Bonchev–Trinajstić information content (AvgIpc) is 2.36. The zero-order valence-corrected chi connectivity index (χ0v) is 8.82. The van der Waals surface area contributed by atoms with Gasteiger partial charge >= 0.3 is 0 Å². The topological polar surface area (TPSA) is 35.2 Å². The molecule has 72 valence electrons. The summed E-state index contributed by atoms with van der Waals surface area (Å²) >= 11 is 1.98. The minimum absolute atomic E-state index is 0.105. The molecule has 0 aromatic carbocycles. The fraction of sp³-hybridized carbons (Fsp3) is 1.00. The van der Waals surface area contributed by atoms with Crippen molar-refractivity contribution in [1.82, 2.24) is 0 Å². The maximum absolute atomic E-state index is 5.94. The Labute approximate surface area is 79.2 Å². The molecule has 1 unspecified atom stereocenters. The maximum atomic E-state index is 5.94. The van der Waals surface area contributed by atoms with Gasteiger partial charge in [0.05, 0.1) is 11.7 Å². The normalized spacial score (nSPS) is 30.0. The summed E-state index contributed by atoms with van der Waals surface area (Å²) in [6.45, 7) is 4.94. The molecule has 1 fully saturated rings. The Morgan fingerprint density at radius 3 is 2.75 bits per heavy atom. The first kappa shape index (κ1) is 10.4. The van der Waals surface area contributed by atoms with Crippen LogP contribution in [0.4, 0.5) is 0 Å². The second kappa shape index (κ2) is 4.49. The molecule has 2 N–H and O–H groups in total. The molecule has 1 aliphatic heterocycles. The average molecular weight is 189 g/mol. The van der Waals surface area contributed by atoms with Gasteiger partial charge in [-0.15, -0.1) is 0 Å². The van der Waals surface area contributed by atoms with Crippen molar-refractivity contribution in [3.05, 3.63) is 0 Å². The number of ether oxygens (including phenoxy) is 1. The van der Waals surface area contributed by atoms with Crippen molar-refractivity contribution in [2.45, 2.75) is 38.4 Å². The lowest BCUT2D eigenvalue weighted by atomic mass is 9.99. The van der Waals surface area contributed by atoms with E-state index in [0.717, 1.165) is 18.7 Å². The van der Waals surface area contributed by atoms with Crippen molar-refractivity contribution in [1.29, 1.82) is 0 Å². The van der Waals surface area contributed by atoms with E-state index in [1.807, 2.05) is 11.8 Å². The highest BCUT2D eigenvalue weighted by Gasteiger charge is 2.35. The molecule has 0 spiro atoms. The summed E-state index contributed by atoms with van der Waals surface area (Å²) in [5, 5.41) is 0. The van der Waals surface area contributed by atoms with Crippen molar-refractivity contribution >= 4 is 11.8 Å². The quantitative estimate of drug-likeness (QED) is 0.730. The number of rotatable bonds is 4. The molecule has 3 heteroatoms. The van der Waals surface area contributed by atoms with E-state index >= 15 is 0 Å². The predicted molar refractivity (Wildman–Crippen MR) is 54.6 cm³/mol. The van der Waals surface area contributed by atoms with Crippen LogP contribution in [0.2, 0.25) is 0 Å². The van der Waals surface area contributed by atoms with Crippen molar-refractivity contribution < 1.29 is 4.74 Å². The van der Waals surface area contributed by atoms with Crippen LogP contribution in [0.5, 0.6) is 0 Å². The van der Waals surface area contributed by atoms with E-state index in [0.29, 0.717) is 6.10 Å². The van der Waals surface area contributed by atoms with Gasteiger partial charge in [-0.05, 0) is 39.0 Å². The van der Waals surface area contributed by atoms with Crippen molar-refractivity contribution in [3.63, 3.8) is 0 Å². The Bertz CT molecular complexity index is 132. The smallest absolute Gasteiger partial charge is 0.0795 e. The molecular weight excluding hydrogens is 170 g/mol. The van der Waals surface area contributed by atoms with E-state index < -0.39 is 0 Å². The Kier molecular flexibility index (Phi) is 3.87. The fourth-order valence-corrected chi connectivity index (χ4v) is 3.09. The molecule has 1 heterocycles. The van der Waals surface area contributed by atoms with Gasteiger partial charge in [-0.3, -0.25) is 0 Å². The number of nitrogens with two attached hydrogens (primary N) is 1. The van der Waals surface area contributed by atoms with Crippen LogP contribution >= 0.6 is 11.8 Å². The molecule has 12 heavy (non-hydrogen) atoms. The summed E-state index contributed by atoms with van der Waals surface area (Å²) in [4.78, 5) is 0. The fourth-order valence-electron chi connectivity index (χ4n) is 1.70. The molecule has 0 aliphatic carbocycles. The van der Waals surface area contributed by atoms with Gasteiger partial charge in [0.1, 0.15) is 0 Å². The highest BCUT2D eigenvalue weighted by atomic mass is 32.2. The first-order valence-electron chi connectivity index (χ1n) is 4.64. The van der Waals surface area contributed by atoms with E-state index in [4.69, 9.17) is 10.5 Å². The molecule has 0 saturated carbocycles. The van der Waals surface area contributed by atoms with E-state index in [2.05, 4.69) is 13.8 Å². The van der Waals surface area contributed by atoms with Gasteiger partial charge in [0.15, 0.2) is 0 Å². The highest BCUT2D eigenvalue weighted by molar-refractivity contribution is 7.99. The van der Waals surface area contributed by atoms with Crippen molar-refractivity contribution in [3.8, 4) is 0 Å². The molecule has 0 aromatic rings. The lowest BCUT2D eigenvalue weighted by molar-refractivity contribution is -0.0658. The molecule has 0 bridgehead atoms. The summed E-state index contributed by atoms with van der Waals surface area (Å²) < 4.78 is 5.94. The van der Waals surface area contributed by atoms with Gasteiger partial charge in [-0.2, -0.15) is 11.8 Å². The minimum atomic E-state index is 0.105. The Hall–Kier alpha value is 0.270. The monoisotopic (exact) mass is 189 g/mol. The molecular formula is C9H19NOS. The molecule has 0 radical (unpaired) electrons. The number of hydrogen-bond donors (Lipinski definition) is 1. The van der Waals surface area contributed by atoms with Crippen LogP contribution in [-0.4, -0.2) is 29.8 Å². The van der Waals surface area contributed by atoms with Gasteiger partial charge < -0.3 is 10.5 Å². The zero-order chi connectivity index (χ0) is 9.03. The van der Waals surface area contributed by atoms with Gasteiger partial charge in [-0.25, -0.2) is 0 Å². The van der Waals surface area contributed by atoms with Gasteiger partial charge in [0, 0.05) is 5.75 Å². The molecule has 0 amide bonds.